The number of amides is 1. The molecule has 1 aromatic carbocycles. The van der Waals surface area contributed by atoms with Gasteiger partial charge < -0.3 is 10.6 Å². The molecule has 1 heterocycles. The van der Waals surface area contributed by atoms with Gasteiger partial charge in [-0.3, -0.25) is 9.69 Å². The van der Waals surface area contributed by atoms with Crippen molar-refractivity contribution in [2.45, 2.75) is 70.1 Å². The predicted octanol–water partition coefficient (Wildman–Crippen LogP) is 3.24. The van der Waals surface area contributed by atoms with Crippen LogP contribution in [0.4, 0.5) is 0 Å². The van der Waals surface area contributed by atoms with Crippen LogP contribution in [0.2, 0.25) is 0 Å². The molecule has 0 spiro atoms. The van der Waals surface area contributed by atoms with Gasteiger partial charge in [-0.2, -0.15) is 0 Å². The largest absolute Gasteiger partial charge is 0.351 e. The number of nitrogens with one attached hydrogen (secondary N) is 2. The van der Waals surface area contributed by atoms with Crippen LogP contribution in [0.3, 0.4) is 0 Å². The fourth-order valence-electron chi connectivity index (χ4n) is 4.02. The Morgan fingerprint density at radius 2 is 1.84 bits per heavy atom. The molecule has 0 radical (unpaired) electrons. The van der Waals surface area contributed by atoms with E-state index in [0.29, 0.717) is 12.6 Å². The normalized spacial score (nSPS) is 21.1. The number of nitrogens with zero attached hydrogens (tertiary/aromatic N) is 1. The van der Waals surface area contributed by atoms with Crippen LogP contribution in [0.1, 0.15) is 56.1 Å². The van der Waals surface area contributed by atoms with E-state index >= 15 is 0 Å². The van der Waals surface area contributed by atoms with Crippen molar-refractivity contribution in [2.24, 2.45) is 0 Å². The van der Waals surface area contributed by atoms with Crippen LogP contribution in [0.5, 0.6) is 0 Å². The second kappa shape index (κ2) is 10.1. The summed E-state index contributed by atoms with van der Waals surface area (Å²) in [6, 6.07) is 9.24. The monoisotopic (exact) mass is 365 g/mol. The molecule has 0 aromatic heterocycles. The zero-order chi connectivity index (χ0) is 16.8. The Hall–Kier alpha value is -1.10. The minimum atomic E-state index is 0. The van der Waals surface area contributed by atoms with Crippen molar-refractivity contribution in [1.29, 1.82) is 0 Å². The van der Waals surface area contributed by atoms with E-state index in [-0.39, 0.29) is 24.4 Å². The number of halogens is 1. The molecule has 2 fully saturated rings. The van der Waals surface area contributed by atoms with Gasteiger partial charge >= 0.3 is 0 Å². The van der Waals surface area contributed by atoms with Crippen LogP contribution >= 0.6 is 12.4 Å². The maximum atomic E-state index is 12.2. The molecule has 5 heteroatoms. The summed E-state index contributed by atoms with van der Waals surface area (Å²) in [5.74, 6) is 0.142. The van der Waals surface area contributed by atoms with Crippen LogP contribution in [0.25, 0.3) is 0 Å². The highest BCUT2D eigenvalue weighted by atomic mass is 35.5. The lowest BCUT2D eigenvalue weighted by Gasteiger charge is -2.31. The van der Waals surface area contributed by atoms with Crippen molar-refractivity contribution in [2.75, 3.05) is 13.6 Å². The molecule has 25 heavy (non-hydrogen) atoms. The summed E-state index contributed by atoms with van der Waals surface area (Å²) in [5.41, 5.74) is 2.58. The van der Waals surface area contributed by atoms with Crippen molar-refractivity contribution >= 4 is 18.3 Å². The van der Waals surface area contributed by atoms with E-state index in [1.807, 2.05) is 0 Å². The number of carbonyl (C=O) groups is 1. The summed E-state index contributed by atoms with van der Waals surface area (Å²) in [4.78, 5) is 14.7. The lowest BCUT2D eigenvalue weighted by Crippen LogP contribution is -2.40. The van der Waals surface area contributed by atoms with Crippen LogP contribution in [-0.4, -0.2) is 36.5 Å². The Balaban J connectivity index is 0.00000225. The number of hydrogen-bond donors (Lipinski definition) is 2. The predicted molar refractivity (Wildman–Crippen MR) is 105 cm³/mol. The van der Waals surface area contributed by atoms with Gasteiger partial charge in [0.1, 0.15) is 0 Å². The number of hydrogen-bond acceptors (Lipinski definition) is 3. The van der Waals surface area contributed by atoms with Crippen LogP contribution < -0.4 is 10.6 Å². The minimum absolute atomic E-state index is 0. The molecular formula is C20H32ClN3O. The van der Waals surface area contributed by atoms with Gasteiger partial charge in [0, 0.05) is 19.1 Å². The maximum Gasteiger partial charge on any atom is 0.237 e. The number of benzene rings is 1. The Kier molecular flexibility index (Phi) is 8.20. The minimum Gasteiger partial charge on any atom is -0.351 e. The Labute approximate surface area is 158 Å². The molecule has 2 aliphatic rings. The summed E-state index contributed by atoms with van der Waals surface area (Å²) >= 11 is 0. The van der Waals surface area contributed by atoms with Gasteiger partial charge in [-0.15, -0.1) is 12.4 Å². The molecule has 4 nitrogen and oxygen atoms in total. The van der Waals surface area contributed by atoms with E-state index in [2.05, 4.69) is 46.8 Å². The van der Waals surface area contributed by atoms with Gasteiger partial charge in [0.25, 0.3) is 0 Å². The topological polar surface area (TPSA) is 44.4 Å². The second-order valence-electron chi connectivity index (χ2n) is 7.34. The van der Waals surface area contributed by atoms with Crippen LogP contribution in [0.15, 0.2) is 24.3 Å². The van der Waals surface area contributed by atoms with E-state index in [4.69, 9.17) is 0 Å². The Morgan fingerprint density at radius 1 is 1.12 bits per heavy atom. The SMILES string of the molecule is CN(Cc1ccccc1CNC(=O)[C@@H]1CCCN1)C1CCCCC1.Cl. The van der Waals surface area contributed by atoms with E-state index < -0.39 is 0 Å². The highest BCUT2D eigenvalue weighted by Gasteiger charge is 2.22. The summed E-state index contributed by atoms with van der Waals surface area (Å²) in [6.07, 6.45) is 8.81. The first-order valence-electron chi connectivity index (χ1n) is 9.52. The zero-order valence-corrected chi connectivity index (χ0v) is 16.1. The first-order valence-corrected chi connectivity index (χ1v) is 9.52. The third-order valence-corrected chi connectivity index (χ3v) is 5.57. The van der Waals surface area contributed by atoms with Crippen molar-refractivity contribution in [1.82, 2.24) is 15.5 Å². The first-order chi connectivity index (χ1) is 11.7. The van der Waals surface area contributed by atoms with E-state index in [0.717, 1.165) is 25.9 Å². The summed E-state index contributed by atoms with van der Waals surface area (Å²) in [7, 11) is 2.24. The third-order valence-electron chi connectivity index (χ3n) is 5.57. The Bertz CT molecular complexity index is 539. The highest BCUT2D eigenvalue weighted by molar-refractivity contribution is 5.85. The summed E-state index contributed by atoms with van der Waals surface area (Å²) in [6.45, 7) is 2.56. The molecular weight excluding hydrogens is 334 g/mol. The van der Waals surface area contributed by atoms with Gasteiger partial charge in [-0.1, -0.05) is 43.5 Å². The quantitative estimate of drug-likeness (QED) is 0.813. The smallest absolute Gasteiger partial charge is 0.237 e. The van der Waals surface area contributed by atoms with Gasteiger partial charge in [0.2, 0.25) is 5.91 Å². The lowest BCUT2D eigenvalue weighted by atomic mass is 9.94. The zero-order valence-electron chi connectivity index (χ0n) is 15.3. The van der Waals surface area contributed by atoms with E-state index in [1.165, 1.54) is 43.2 Å². The number of rotatable bonds is 6. The molecule has 1 aromatic rings. The van der Waals surface area contributed by atoms with Gasteiger partial charge in [0.15, 0.2) is 0 Å². The Morgan fingerprint density at radius 3 is 2.52 bits per heavy atom. The van der Waals surface area contributed by atoms with Crippen molar-refractivity contribution < 1.29 is 4.79 Å². The molecule has 1 saturated heterocycles. The average molecular weight is 366 g/mol. The molecule has 1 amide bonds. The van der Waals surface area contributed by atoms with Crippen LogP contribution in [0, 0.1) is 0 Å². The van der Waals surface area contributed by atoms with Crippen LogP contribution in [-0.2, 0) is 17.9 Å². The van der Waals surface area contributed by atoms with Gasteiger partial charge in [-0.05, 0) is 50.4 Å². The molecule has 0 unspecified atom stereocenters. The molecule has 1 aliphatic carbocycles. The van der Waals surface area contributed by atoms with E-state index in [9.17, 15) is 4.79 Å². The molecule has 1 aliphatic heterocycles. The molecule has 1 atom stereocenters. The number of carbonyl (C=O) groups excluding carboxylic acids is 1. The first kappa shape index (κ1) is 20.2. The van der Waals surface area contributed by atoms with Gasteiger partial charge in [0.05, 0.1) is 6.04 Å². The average Bonchev–Trinajstić information content (AvgIpc) is 3.16. The second-order valence-corrected chi connectivity index (χ2v) is 7.34. The third kappa shape index (κ3) is 5.70. The molecule has 0 bridgehead atoms. The fraction of sp³-hybridized carbons (Fsp3) is 0.650. The lowest BCUT2D eigenvalue weighted by molar-refractivity contribution is -0.122. The molecule has 140 valence electrons. The standard InChI is InChI=1S/C20H31N3O.ClH/c1-23(18-10-3-2-4-11-18)15-17-9-6-5-8-16(17)14-22-20(24)19-12-7-13-21-19;/h5-6,8-9,18-19,21H,2-4,7,10-15H2,1H3,(H,22,24);1H/t19-;/m0./s1. The highest BCUT2D eigenvalue weighted by Crippen LogP contribution is 2.23. The van der Waals surface area contributed by atoms with Crippen molar-refractivity contribution in [3.63, 3.8) is 0 Å². The van der Waals surface area contributed by atoms with Crippen molar-refractivity contribution in [3.05, 3.63) is 35.4 Å². The summed E-state index contributed by atoms with van der Waals surface area (Å²) in [5, 5.41) is 6.38. The fourth-order valence-corrected chi connectivity index (χ4v) is 4.02. The van der Waals surface area contributed by atoms with E-state index in [1.54, 1.807) is 0 Å². The van der Waals surface area contributed by atoms with Gasteiger partial charge in [-0.25, -0.2) is 0 Å². The molecule has 1 saturated carbocycles. The molecule has 3 rings (SSSR count). The summed E-state index contributed by atoms with van der Waals surface area (Å²) < 4.78 is 0. The molecule has 2 N–H and O–H groups in total. The maximum absolute atomic E-state index is 12.2. The van der Waals surface area contributed by atoms with Crippen molar-refractivity contribution in [3.8, 4) is 0 Å².